The van der Waals surface area contributed by atoms with Gasteiger partial charge in [0.05, 0.1) is 11.8 Å². The Morgan fingerprint density at radius 1 is 1.64 bits per heavy atom. The van der Waals surface area contributed by atoms with Crippen LogP contribution in [-0.2, 0) is 11.2 Å². The van der Waals surface area contributed by atoms with Crippen molar-refractivity contribution in [1.82, 2.24) is 5.16 Å². The molecular formula is C7H9N2O5+. The lowest BCUT2D eigenvalue weighted by atomic mass is 10.2. The van der Waals surface area contributed by atoms with Crippen LogP contribution in [0.25, 0.3) is 0 Å². The van der Waals surface area contributed by atoms with Gasteiger partial charge >= 0.3 is 17.8 Å². The molecule has 1 aromatic rings. The van der Waals surface area contributed by atoms with E-state index in [0.29, 0.717) is 11.2 Å². The summed E-state index contributed by atoms with van der Waals surface area (Å²) in [5.74, 6) is -0.787. The lowest BCUT2D eigenvalue weighted by Crippen LogP contribution is -2.45. The summed E-state index contributed by atoms with van der Waals surface area (Å²) in [5.41, 5.74) is 0.0572. The second kappa shape index (κ2) is 3.86. The van der Waals surface area contributed by atoms with Crippen molar-refractivity contribution in [3.63, 3.8) is 0 Å². The van der Waals surface area contributed by atoms with Crippen LogP contribution >= 0.6 is 0 Å². The summed E-state index contributed by atoms with van der Waals surface area (Å²) in [6.07, 6.45) is -1.04. The average Bonchev–Trinajstić information content (AvgIpc) is 2.59. The second-order valence-electron chi connectivity index (χ2n) is 2.39. The summed E-state index contributed by atoms with van der Waals surface area (Å²) in [6.45, 7) is 1.72. The van der Waals surface area contributed by atoms with Crippen molar-refractivity contribution in [2.24, 2.45) is 0 Å². The normalized spacial score (nSPS) is 9.86. The molecule has 0 saturated carbocycles. The van der Waals surface area contributed by atoms with Gasteiger partial charge in [0.2, 0.25) is 0 Å². The number of aromatic nitrogens is 2. The van der Waals surface area contributed by atoms with Gasteiger partial charge in [-0.05, 0) is 0 Å². The van der Waals surface area contributed by atoms with E-state index in [2.05, 4.69) is 14.5 Å². The van der Waals surface area contributed by atoms with E-state index < -0.39 is 12.1 Å². The van der Waals surface area contributed by atoms with Gasteiger partial charge in [0.1, 0.15) is 0 Å². The molecule has 14 heavy (non-hydrogen) atoms. The minimum atomic E-state index is -1.42. The number of nitrogens with zero attached hydrogens (tertiary/aromatic N) is 2. The number of ether oxygens (including phenoxy) is 1. The number of carboxylic acid groups (broad SMARTS) is 1. The van der Waals surface area contributed by atoms with Crippen molar-refractivity contribution in [3.8, 4) is 0 Å². The predicted octanol–water partition coefficient (Wildman–Crippen LogP) is -0.163. The van der Waals surface area contributed by atoms with E-state index in [1.807, 2.05) is 0 Å². The van der Waals surface area contributed by atoms with E-state index in [9.17, 15) is 9.59 Å². The van der Waals surface area contributed by atoms with E-state index in [0.717, 1.165) is 7.11 Å². The predicted molar refractivity (Wildman–Crippen MR) is 40.8 cm³/mol. The first-order valence-corrected chi connectivity index (χ1v) is 3.84. The molecule has 0 amide bonds. The summed E-state index contributed by atoms with van der Waals surface area (Å²) < 4.78 is 9.22. The molecule has 0 unspecified atom stereocenters. The number of hydrogen-bond acceptors (Lipinski definition) is 5. The molecule has 0 bridgehead atoms. The Hall–Kier alpha value is -1.92. The Kier molecular flexibility index (Phi) is 2.80. The van der Waals surface area contributed by atoms with Crippen LogP contribution in [0.3, 0.4) is 0 Å². The number of rotatable bonds is 2. The monoisotopic (exact) mass is 201 g/mol. The Morgan fingerprint density at radius 3 is 2.71 bits per heavy atom. The van der Waals surface area contributed by atoms with Crippen LogP contribution in [0.4, 0.5) is 4.79 Å². The number of methoxy groups -OCH3 is 1. The maximum Gasteiger partial charge on any atom is 0.546 e. The Bertz CT molecular complexity index is 370. The van der Waals surface area contributed by atoms with Gasteiger partial charge in [-0.15, -0.1) is 0 Å². The van der Waals surface area contributed by atoms with Crippen LogP contribution in [0.15, 0.2) is 4.63 Å². The van der Waals surface area contributed by atoms with Crippen LogP contribution in [-0.4, -0.2) is 29.4 Å². The zero-order valence-electron chi connectivity index (χ0n) is 7.68. The number of hydrogen-bond donors (Lipinski definition) is 1. The molecule has 1 N–H and O–H groups in total. The highest BCUT2D eigenvalue weighted by molar-refractivity contribution is 5.87. The second-order valence-corrected chi connectivity index (χ2v) is 2.39. The number of carbonyl (C=O) groups excluding carboxylic acids is 1. The Morgan fingerprint density at radius 2 is 2.29 bits per heavy atom. The molecule has 0 aromatic carbocycles. The number of esters is 1. The lowest BCUT2D eigenvalue weighted by molar-refractivity contribution is -0.781. The Labute approximate surface area is 78.8 Å². The van der Waals surface area contributed by atoms with Crippen molar-refractivity contribution < 1.29 is 28.8 Å². The van der Waals surface area contributed by atoms with Crippen LogP contribution in [0, 0.1) is 0 Å². The molecule has 7 nitrogen and oxygen atoms in total. The highest BCUT2D eigenvalue weighted by Gasteiger charge is 2.34. The van der Waals surface area contributed by atoms with Crippen molar-refractivity contribution in [3.05, 3.63) is 11.4 Å². The molecule has 0 fully saturated rings. The number of aryl methyl sites for hydroxylation is 1. The van der Waals surface area contributed by atoms with Gasteiger partial charge in [-0.1, -0.05) is 11.6 Å². The summed E-state index contributed by atoms with van der Waals surface area (Å²) in [5, 5.41) is 12.1. The summed E-state index contributed by atoms with van der Waals surface area (Å²) in [7, 11) is 1.15. The van der Waals surface area contributed by atoms with E-state index in [-0.39, 0.29) is 11.4 Å². The summed E-state index contributed by atoms with van der Waals surface area (Å²) in [6, 6.07) is 0. The van der Waals surface area contributed by atoms with Gasteiger partial charge in [0, 0.05) is 6.42 Å². The zero-order valence-corrected chi connectivity index (χ0v) is 7.68. The lowest BCUT2D eigenvalue weighted by Gasteiger charge is -1.91. The maximum absolute atomic E-state index is 11.2. The molecule has 0 aliphatic carbocycles. The van der Waals surface area contributed by atoms with E-state index >= 15 is 0 Å². The van der Waals surface area contributed by atoms with Crippen molar-refractivity contribution in [1.29, 1.82) is 0 Å². The van der Waals surface area contributed by atoms with Gasteiger partial charge in [-0.3, -0.25) is 0 Å². The van der Waals surface area contributed by atoms with Gasteiger partial charge < -0.3 is 9.84 Å². The van der Waals surface area contributed by atoms with E-state index in [1.165, 1.54) is 0 Å². The smallest absolute Gasteiger partial charge is 0.463 e. The van der Waals surface area contributed by atoms with Crippen molar-refractivity contribution in [2.45, 2.75) is 13.3 Å². The highest BCUT2D eigenvalue weighted by atomic mass is 16.6. The van der Waals surface area contributed by atoms with Gasteiger partial charge in [-0.2, -0.15) is 4.79 Å². The zero-order chi connectivity index (χ0) is 10.7. The summed E-state index contributed by atoms with van der Waals surface area (Å²) >= 11 is 0. The molecule has 76 valence electrons. The fraction of sp³-hybridized carbons (Fsp3) is 0.429. The van der Waals surface area contributed by atoms with Gasteiger partial charge in [-0.25, -0.2) is 4.79 Å². The highest BCUT2D eigenvalue weighted by Crippen LogP contribution is 2.03. The molecule has 1 rings (SSSR count). The molecule has 0 radical (unpaired) electrons. The third-order valence-electron chi connectivity index (χ3n) is 1.60. The van der Waals surface area contributed by atoms with Crippen LogP contribution in [0.5, 0.6) is 0 Å². The fourth-order valence-electron chi connectivity index (χ4n) is 0.951. The average molecular weight is 201 g/mol. The summed E-state index contributed by atoms with van der Waals surface area (Å²) in [4.78, 5) is 21.8. The number of carbonyl (C=O) groups is 2. The minimum Gasteiger partial charge on any atom is -0.463 e. The molecule has 0 atom stereocenters. The molecule has 0 aliphatic heterocycles. The Balaban J connectivity index is 3.26. The van der Waals surface area contributed by atoms with Crippen molar-refractivity contribution in [2.75, 3.05) is 7.11 Å². The molecule has 1 aromatic heterocycles. The molecule has 1 heterocycles. The maximum atomic E-state index is 11.2. The van der Waals surface area contributed by atoms with E-state index in [4.69, 9.17) is 5.11 Å². The first-order valence-electron chi connectivity index (χ1n) is 3.84. The van der Waals surface area contributed by atoms with Crippen LogP contribution in [0.2, 0.25) is 0 Å². The largest absolute Gasteiger partial charge is 0.546 e. The fourth-order valence-corrected chi connectivity index (χ4v) is 0.951. The first-order chi connectivity index (χ1) is 6.61. The van der Waals surface area contributed by atoms with Crippen LogP contribution in [0.1, 0.15) is 23.1 Å². The third kappa shape index (κ3) is 1.56. The first kappa shape index (κ1) is 10.2. The molecule has 0 aliphatic rings. The quantitative estimate of drug-likeness (QED) is 0.527. The topological polar surface area (TPSA) is 93.5 Å². The molecule has 0 saturated heterocycles. The minimum absolute atomic E-state index is 0.192. The van der Waals surface area contributed by atoms with Crippen LogP contribution < -0.4 is 4.74 Å². The van der Waals surface area contributed by atoms with Gasteiger partial charge in [0.25, 0.3) is 5.69 Å². The molecule has 0 spiro atoms. The SMILES string of the molecule is CCc1no[n+](C(=O)O)c1C(=O)OC. The molecule has 7 heteroatoms. The van der Waals surface area contributed by atoms with E-state index in [1.54, 1.807) is 6.92 Å². The van der Waals surface area contributed by atoms with Gasteiger partial charge in [0.15, 0.2) is 5.16 Å². The third-order valence-corrected chi connectivity index (χ3v) is 1.60. The standard InChI is InChI=1S/C7H8N2O5/c1-3-4-5(6(10)13-2)9(7(11)12)14-8-4/h3H2,1-2H3/p+1. The molecular weight excluding hydrogens is 192 g/mol. The van der Waals surface area contributed by atoms with Crippen molar-refractivity contribution >= 4 is 12.1 Å².